The van der Waals surface area contributed by atoms with Gasteiger partial charge in [0.25, 0.3) is 0 Å². The first-order chi connectivity index (χ1) is 12.5. The van der Waals surface area contributed by atoms with Gasteiger partial charge >= 0.3 is 0 Å². The van der Waals surface area contributed by atoms with Gasteiger partial charge in [-0.05, 0) is 30.9 Å². The van der Waals surface area contributed by atoms with Crippen LogP contribution in [0.5, 0.6) is 0 Å². The molecule has 3 aliphatic rings. The van der Waals surface area contributed by atoms with Crippen molar-refractivity contribution < 1.29 is 23.1 Å². The molecule has 3 saturated heterocycles. The molecule has 0 saturated carbocycles. The van der Waals surface area contributed by atoms with Gasteiger partial charge in [-0.15, -0.1) is 0 Å². The predicted octanol–water partition coefficient (Wildman–Crippen LogP) is 1.99. The van der Waals surface area contributed by atoms with Crippen LogP contribution in [0.3, 0.4) is 0 Å². The molecular weight excluding hydrogens is 342 g/mol. The number of amides is 2. The zero-order valence-electron chi connectivity index (χ0n) is 14.9. The van der Waals surface area contributed by atoms with Gasteiger partial charge in [0.05, 0.1) is 12.5 Å². The molecule has 4 rings (SSSR count). The molecule has 0 radical (unpaired) electrons. The van der Waals surface area contributed by atoms with Gasteiger partial charge in [0.1, 0.15) is 11.6 Å². The Kier molecular flexibility index (Phi) is 5.86. The summed E-state index contributed by atoms with van der Waals surface area (Å²) in [7, 11) is 1.60. The maximum Gasteiger partial charge on any atom is 0.227 e. The third-order valence-electron chi connectivity index (χ3n) is 5.31. The quantitative estimate of drug-likeness (QED) is 0.774. The maximum absolute atomic E-state index is 13.7. The number of carbonyl (C=O) groups excluding carboxylic acids is 2. The Hall–Kier alpha value is -2.02. The predicted molar refractivity (Wildman–Crippen MR) is 91.4 cm³/mol. The summed E-state index contributed by atoms with van der Waals surface area (Å²) in [6.07, 6.45) is 2.05. The number of methoxy groups -OCH3 is 1. The number of aryl methyl sites for hydroxylation is 1. The van der Waals surface area contributed by atoms with Crippen molar-refractivity contribution in [2.75, 3.05) is 33.4 Å². The molecule has 3 aliphatic heterocycles. The van der Waals surface area contributed by atoms with E-state index < -0.39 is 11.6 Å². The number of nitrogens with zero attached hydrogens (tertiary/aromatic N) is 2. The molecule has 1 aromatic rings. The number of carbonyl (C=O) groups is 2. The standard InChI is InChI=1S/C19H24F2N2O3/c1-26-9-8-23-16-6-3-14(19(23)25)11-22(12-16)18(24)7-4-13-2-5-15(20)10-17(13)21/h2,5,10,14,16H,3-4,6-9,11-12H2,1H3/t14-,16+/m1/s1. The highest BCUT2D eigenvalue weighted by Crippen LogP contribution is 2.29. The molecule has 26 heavy (non-hydrogen) atoms. The van der Waals surface area contributed by atoms with Crippen LogP contribution in [0.4, 0.5) is 8.78 Å². The summed E-state index contributed by atoms with van der Waals surface area (Å²) in [6, 6.07) is 3.42. The van der Waals surface area contributed by atoms with Gasteiger partial charge in [0.2, 0.25) is 11.8 Å². The summed E-state index contributed by atoms with van der Waals surface area (Å²) in [5.41, 5.74) is 0.329. The zero-order chi connectivity index (χ0) is 18.7. The molecule has 0 aliphatic carbocycles. The first kappa shape index (κ1) is 18.8. The fourth-order valence-electron chi connectivity index (χ4n) is 3.85. The smallest absolute Gasteiger partial charge is 0.227 e. The number of ether oxygens (including phenoxy) is 1. The first-order valence-corrected chi connectivity index (χ1v) is 9.00. The second-order valence-electron chi connectivity index (χ2n) is 6.99. The molecule has 7 heteroatoms. The van der Waals surface area contributed by atoms with Crippen LogP contribution in [-0.4, -0.2) is 61.0 Å². The van der Waals surface area contributed by atoms with Crippen LogP contribution in [0, 0.1) is 17.6 Å². The number of rotatable bonds is 6. The largest absolute Gasteiger partial charge is 0.383 e. The van der Waals surface area contributed by atoms with Gasteiger partial charge < -0.3 is 14.5 Å². The summed E-state index contributed by atoms with van der Waals surface area (Å²) < 4.78 is 31.8. The van der Waals surface area contributed by atoms with E-state index in [0.29, 0.717) is 31.8 Å². The molecule has 0 spiro atoms. The summed E-state index contributed by atoms with van der Waals surface area (Å²) in [5.74, 6) is -1.42. The average Bonchev–Trinajstić information content (AvgIpc) is 2.90. The summed E-state index contributed by atoms with van der Waals surface area (Å²) in [4.78, 5) is 28.8. The molecule has 3 heterocycles. The van der Waals surface area contributed by atoms with Gasteiger partial charge in [-0.25, -0.2) is 8.78 Å². The molecule has 5 nitrogen and oxygen atoms in total. The van der Waals surface area contributed by atoms with Gasteiger partial charge in [0, 0.05) is 45.3 Å². The maximum atomic E-state index is 13.7. The van der Waals surface area contributed by atoms with Gasteiger partial charge in [0.15, 0.2) is 0 Å². The highest BCUT2D eigenvalue weighted by molar-refractivity contribution is 5.83. The Bertz CT molecular complexity index is 683. The topological polar surface area (TPSA) is 49.9 Å². The second-order valence-corrected chi connectivity index (χ2v) is 6.99. The van der Waals surface area contributed by atoms with Crippen molar-refractivity contribution in [3.05, 3.63) is 35.4 Å². The van der Waals surface area contributed by atoms with Crippen molar-refractivity contribution in [3.63, 3.8) is 0 Å². The summed E-state index contributed by atoms with van der Waals surface area (Å²) >= 11 is 0. The van der Waals surface area contributed by atoms with Crippen molar-refractivity contribution in [2.24, 2.45) is 5.92 Å². The SMILES string of the molecule is COCCN1C(=O)[C@@H]2CC[C@H]1CN(C(=O)CCc1ccc(F)cc1F)C2. The lowest BCUT2D eigenvalue weighted by atomic mass is 9.94. The van der Waals surface area contributed by atoms with E-state index in [4.69, 9.17) is 4.74 Å². The minimum Gasteiger partial charge on any atom is -0.383 e. The molecule has 2 atom stereocenters. The van der Waals surface area contributed by atoms with Crippen molar-refractivity contribution in [1.29, 1.82) is 0 Å². The Morgan fingerprint density at radius 3 is 2.81 bits per heavy atom. The monoisotopic (exact) mass is 366 g/mol. The lowest BCUT2D eigenvalue weighted by Gasteiger charge is -2.35. The third-order valence-corrected chi connectivity index (χ3v) is 5.31. The number of hydrogen-bond acceptors (Lipinski definition) is 3. The molecule has 2 bridgehead atoms. The molecular formula is C19H24F2N2O3. The third kappa shape index (κ3) is 4.03. The fourth-order valence-corrected chi connectivity index (χ4v) is 3.85. The minimum atomic E-state index is -0.630. The Balaban J connectivity index is 1.62. The number of halogens is 2. The van der Waals surface area contributed by atoms with Crippen LogP contribution in [0.2, 0.25) is 0 Å². The highest BCUT2D eigenvalue weighted by Gasteiger charge is 2.41. The van der Waals surface area contributed by atoms with Crippen molar-refractivity contribution in [2.45, 2.75) is 31.7 Å². The van der Waals surface area contributed by atoms with E-state index in [9.17, 15) is 18.4 Å². The van der Waals surface area contributed by atoms with Crippen LogP contribution in [0.15, 0.2) is 18.2 Å². The number of piperidine rings is 1. The van der Waals surface area contributed by atoms with E-state index >= 15 is 0 Å². The Morgan fingerprint density at radius 1 is 1.27 bits per heavy atom. The molecule has 0 aromatic heterocycles. The van der Waals surface area contributed by atoms with Crippen LogP contribution >= 0.6 is 0 Å². The average molecular weight is 366 g/mol. The zero-order valence-corrected chi connectivity index (χ0v) is 14.9. The lowest BCUT2D eigenvalue weighted by molar-refractivity contribution is -0.140. The van der Waals surface area contributed by atoms with Crippen molar-refractivity contribution in [1.82, 2.24) is 9.80 Å². The molecule has 3 fully saturated rings. The van der Waals surface area contributed by atoms with E-state index in [1.165, 1.54) is 12.1 Å². The van der Waals surface area contributed by atoms with E-state index in [1.807, 2.05) is 4.90 Å². The lowest BCUT2D eigenvalue weighted by Crippen LogP contribution is -2.49. The number of benzene rings is 1. The Morgan fingerprint density at radius 2 is 2.08 bits per heavy atom. The molecule has 0 unspecified atom stereocenters. The summed E-state index contributed by atoms with van der Waals surface area (Å²) in [6.45, 7) is 1.95. The fraction of sp³-hybridized carbons (Fsp3) is 0.579. The number of fused-ring (bicyclic) bond motifs is 4. The first-order valence-electron chi connectivity index (χ1n) is 9.00. The van der Waals surface area contributed by atoms with E-state index in [-0.39, 0.29) is 36.6 Å². The second kappa shape index (κ2) is 8.12. The molecule has 1 aromatic carbocycles. The van der Waals surface area contributed by atoms with Crippen LogP contribution in [-0.2, 0) is 20.7 Å². The molecule has 2 amide bonds. The van der Waals surface area contributed by atoms with Crippen LogP contribution in [0.25, 0.3) is 0 Å². The summed E-state index contributed by atoms with van der Waals surface area (Å²) in [5, 5.41) is 0. The van der Waals surface area contributed by atoms with E-state index in [1.54, 1.807) is 12.0 Å². The minimum absolute atomic E-state index is 0.0166. The highest BCUT2D eigenvalue weighted by atomic mass is 19.1. The van der Waals surface area contributed by atoms with Crippen LogP contribution < -0.4 is 0 Å². The number of hydrogen-bond donors (Lipinski definition) is 0. The Labute approximate surface area is 151 Å². The van der Waals surface area contributed by atoms with Gasteiger partial charge in [-0.1, -0.05) is 6.07 Å². The van der Waals surface area contributed by atoms with Gasteiger partial charge in [-0.3, -0.25) is 9.59 Å². The van der Waals surface area contributed by atoms with Gasteiger partial charge in [-0.2, -0.15) is 0 Å². The van der Waals surface area contributed by atoms with Crippen LogP contribution in [0.1, 0.15) is 24.8 Å². The molecule has 142 valence electrons. The van der Waals surface area contributed by atoms with E-state index in [2.05, 4.69) is 0 Å². The van der Waals surface area contributed by atoms with Crippen molar-refractivity contribution >= 4 is 11.8 Å². The molecule has 0 N–H and O–H groups in total. The normalized spacial score (nSPS) is 22.7. The van der Waals surface area contributed by atoms with Crippen molar-refractivity contribution in [3.8, 4) is 0 Å². The van der Waals surface area contributed by atoms with E-state index in [0.717, 1.165) is 18.9 Å².